The monoisotopic (exact) mass is 739 g/mol. The van der Waals surface area contributed by atoms with Crippen LogP contribution < -0.4 is 10.5 Å². The van der Waals surface area contributed by atoms with Crippen LogP contribution in [0.2, 0.25) is 0 Å². The first-order valence-corrected chi connectivity index (χ1v) is 13.6. The van der Waals surface area contributed by atoms with E-state index < -0.39 is 35.4 Å². The van der Waals surface area contributed by atoms with Crippen LogP contribution in [0.1, 0.15) is 6.42 Å². The van der Waals surface area contributed by atoms with Crippen LogP contribution in [0, 0.1) is 3.57 Å². The summed E-state index contributed by atoms with van der Waals surface area (Å²) in [5, 5.41) is 0.850. The maximum atomic E-state index is 10.8. The second-order valence-corrected chi connectivity index (χ2v) is 13.4. The third-order valence-corrected chi connectivity index (χ3v) is 4.59. The lowest BCUT2D eigenvalue weighted by Crippen LogP contribution is -2.26. The van der Waals surface area contributed by atoms with Gasteiger partial charge in [0.25, 0.3) is 9.05 Å². The van der Waals surface area contributed by atoms with Gasteiger partial charge in [-0.05, 0) is 116 Å². The van der Waals surface area contributed by atoms with Crippen molar-refractivity contribution in [1.29, 1.82) is 0 Å². The highest BCUT2D eigenvalue weighted by Crippen LogP contribution is 2.32. The molecule has 0 aliphatic heterocycles. The van der Waals surface area contributed by atoms with Gasteiger partial charge in [0, 0.05) is 26.1 Å². The molecule has 0 aliphatic rings. The maximum Gasteiger partial charge on any atom is 0.515 e. The lowest BCUT2D eigenvalue weighted by Gasteiger charge is -2.17. The molecule has 1 rings (SSSR count). The number of ether oxygens (including phenoxy) is 4. The van der Waals surface area contributed by atoms with Crippen molar-refractivity contribution in [3.05, 3.63) is 39.3 Å². The van der Waals surface area contributed by atoms with Crippen molar-refractivity contribution < 1.29 is 37.0 Å². The number of nitrogens with two attached hydrogens (primary N) is 1. The summed E-state index contributed by atoms with van der Waals surface area (Å²) in [6, 6.07) is 7.20. The number of benzene rings is 1. The molecule has 0 aliphatic carbocycles. The summed E-state index contributed by atoms with van der Waals surface area (Å²) in [7, 11) is 1.33. The van der Waals surface area contributed by atoms with Gasteiger partial charge in [-0.2, -0.15) is 0 Å². The first-order valence-electron chi connectivity index (χ1n) is 7.87. The van der Waals surface area contributed by atoms with Crippen LogP contribution in [-0.2, 0) is 23.3 Å². The zero-order valence-corrected chi connectivity index (χ0v) is 24.0. The Balaban J connectivity index is 0.000000728. The highest BCUT2D eigenvalue weighted by molar-refractivity contribution is 14.1. The SMILES string of the molecule is NC(=O)OCC(CC=CS(=O)(=O)Cl)Oc1ccc(I)cc1.O=C(OC(Cl)(Cl)Cl)OC(Cl)(Cl)Cl. The van der Waals surface area contributed by atoms with Crippen LogP contribution in [0.15, 0.2) is 35.7 Å². The predicted octanol–water partition coefficient (Wildman–Crippen LogP) is 6.40. The van der Waals surface area contributed by atoms with Crippen molar-refractivity contribution >= 4 is 124 Å². The molecule has 0 heterocycles. The highest BCUT2D eigenvalue weighted by atomic mass is 127. The Morgan fingerprint density at radius 3 is 1.91 bits per heavy atom. The standard InChI is InChI=1S/C12H13ClINO5S.C3Cl6O3/c13-21(17,18)7-1-2-11(8-19-12(15)16)20-10-5-3-9(14)4-6-10;4-2(5,6)11-1(10)12-3(7,8)9/h1,3-7,11H,2,8H2,(H2,15,16);. The lowest BCUT2D eigenvalue weighted by atomic mass is 10.2. The molecule has 0 aromatic heterocycles. The van der Waals surface area contributed by atoms with Crippen LogP contribution in [0.3, 0.4) is 0 Å². The second-order valence-electron chi connectivity index (χ2n) is 5.25. The molecular formula is C15H13Cl7INO8S. The smallest absolute Gasteiger partial charge is 0.487 e. The maximum absolute atomic E-state index is 10.8. The summed E-state index contributed by atoms with van der Waals surface area (Å²) < 4.78 is 36.4. The van der Waals surface area contributed by atoms with E-state index >= 15 is 0 Å². The van der Waals surface area contributed by atoms with Gasteiger partial charge in [-0.3, -0.25) is 0 Å². The van der Waals surface area contributed by atoms with E-state index in [2.05, 4.69) is 36.8 Å². The van der Waals surface area contributed by atoms with Gasteiger partial charge in [0.2, 0.25) is 0 Å². The van der Waals surface area contributed by atoms with Gasteiger partial charge in [-0.15, -0.1) is 0 Å². The molecule has 0 radical (unpaired) electrons. The zero-order chi connectivity index (χ0) is 25.9. The largest absolute Gasteiger partial charge is 0.515 e. The van der Waals surface area contributed by atoms with Gasteiger partial charge in [0.15, 0.2) is 0 Å². The fraction of sp³-hybridized carbons (Fsp3) is 0.333. The molecule has 1 aromatic carbocycles. The van der Waals surface area contributed by atoms with Gasteiger partial charge in [-0.25, -0.2) is 18.0 Å². The van der Waals surface area contributed by atoms with Crippen molar-refractivity contribution in [2.45, 2.75) is 20.5 Å². The van der Waals surface area contributed by atoms with Crippen LogP contribution >= 0.6 is 103 Å². The molecular weight excluding hydrogens is 729 g/mol. The van der Waals surface area contributed by atoms with Crippen molar-refractivity contribution in [2.75, 3.05) is 6.61 Å². The van der Waals surface area contributed by atoms with E-state index in [0.29, 0.717) is 5.75 Å². The number of alkyl halides is 6. The Morgan fingerprint density at radius 2 is 1.52 bits per heavy atom. The molecule has 1 amide bonds. The minimum atomic E-state index is -3.73. The minimum absolute atomic E-state index is 0.103. The summed E-state index contributed by atoms with van der Waals surface area (Å²) >= 11 is 32.4. The van der Waals surface area contributed by atoms with E-state index in [1.54, 1.807) is 12.1 Å². The molecule has 0 saturated carbocycles. The molecule has 1 aromatic rings. The molecule has 1 unspecified atom stereocenters. The highest BCUT2D eigenvalue weighted by Gasteiger charge is 2.32. The number of halogens is 8. The molecule has 0 bridgehead atoms. The zero-order valence-electron chi connectivity index (χ0n) is 15.7. The molecule has 18 heteroatoms. The lowest BCUT2D eigenvalue weighted by molar-refractivity contribution is 0.0508. The predicted molar refractivity (Wildman–Crippen MR) is 136 cm³/mol. The first kappa shape index (κ1) is 33.0. The van der Waals surface area contributed by atoms with E-state index in [-0.39, 0.29) is 13.0 Å². The van der Waals surface area contributed by atoms with Crippen molar-refractivity contribution in [2.24, 2.45) is 5.73 Å². The number of carbonyl (C=O) groups excluding carboxylic acids is 2. The van der Waals surface area contributed by atoms with Gasteiger partial charge in [0.1, 0.15) is 18.5 Å². The van der Waals surface area contributed by atoms with E-state index in [0.717, 1.165) is 8.98 Å². The van der Waals surface area contributed by atoms with Crippen LogP contribution in [0.5, 0.6) is 5.75 Å². The number of amides is 1. The third-order valence-electron chi connectivity index (χ3n) is 2.58. The van der Waals surface area contributed by atoms with E-state index in [9.17, 15) is 18.0 Å². The van der Waals surface area contributed by atoms with Gasteiger partial charge in [-0.1, -0.05) is 6.08 Å². The molecule has 9 nitrogen and oxygen atoms in total. The van der Waals surface area contributed by atoms with E-state index in [1.165, 1.54) is 6.08 Å². The normalized spacial score (nSPS) is 12.8. The molecule has 2 N–H and O–H groups in total. The minimum Gasteiger partial charge on any atom is -0.487 e. The third kappa shape index (κ3) is 22.2. The number of carbonyl (C=O) groups is 2. The Hall–Kier alpha value is 0.0100. The quantitative estimate of drug-likeness (QED) is 0.147. The Labute approximate surface area is 237 Å². The fourth-order valence-corrected chi connectivity index (χ4v) is 2.86. The Morgan fingerprint density at radius 1 is 1.03 bits per heavy atom. The summed E-state index contributed by atoms with van der Waals surface area (Å²) in [6.45, 7) is -0.103. The van der Waals surface area contributed by atoms with Gasteiger partial charge in [0.05, 0.1) is 0 Å². The average molecular weight is 742 g/mol. The van der Waals surface area contributed by atoms with Gasteiger partial charge < -0.3 is 24.7 Å². The topological polar surface area (TPSA) is 131 Å². The van der Waals surface area contributed by atoms with Crippen molar-refractivity contribution in [3.8, 4) is 5.75 Å². The molecule has 0 fully saturated rings. The average Bonchev–Trinajstić information content (AvgIpc) is 2.57. The first-order chi connectivity index (χ1) is 14.9. The second kappa shape index (κ2) is 15.2. The summed E-state index contributed by atoms with van der Waals surface area (Å²) in [5.41, 5.74) is 4.90. The summed E-state index contributed by atoms with van der Waals surface area (Å²) in [4.78, 5) is 21.2. The molecule has 33 heavy (non-hydrogen) atoms. The van der Waals surface area contributed by atoms with Gasteiger partial charge >= 0.3 is 20.2 Å². The number of rotatable bonds is 7. The van der Waals surface area contributed by atoms with E-state index in [1.807, 2.05) is 12.1 Å². The van der Waals surface area contributed by atoms with Crippen molar-refractivity contribution in [3.63, 3.8) is 0 Å². The van der Waals surface area contributed by atoms with Crippen LogP contribution in [0.4, 0.5) is 9.59 Å². The van der Waals surface area contributed by atoms with E-state index in [4.69, 9.17) is 90.8 Å². The fourth-order valence-electron chi connectivity index (χ4n) is 1.56. The van der Waals surface area contributed by atoms with Crippen LogP contribution in [0.25, 0.3) is 0 Å². The molecule has 188 valence electrons. The molecule has 1 atom stereocenters. The van der Waals surface area contributed by atoms with Crippen molar-refractivity contribution in [1.82, 2.24) is 0 Å². The summed E-state index contributed by atoms with van der Waals surface area (Å²) in [5.74, 6) is 0.565. The Bertz CT molecular complexity index is 886. The Kier molecular flexibility index (Phi) is 15.2. The molecule has 0 spiro atoms. The van der Waals surface area contributed by atoms with Crippen LogP contribution in [-0.4, -0.2) is 41.3 Å². The number of hydrogen-bond acceptors (Lipinski definition) is 8. The molecule has 0 saturated heterocycles. The summed E-state index contributed by atoms with van der Waals surface area (Å²) in [6.07, 6.45) is -1.41. The number of primary amides is 1. The number of hydrogen-bond donors (Lipinski definition) is 1.